The number of phenolic OH excluding ortho intramolecular Hbond substituents is 2. The second kappa shape index (κ2) is 11.4. The molecule has 6 nitrogen and oxygen atoms in total. The minimum atomic E-state index is -0.360. The standard InChI is InChI=1S/C28H26O6/c1-33-27-17-20(10-14-25(27)31)8-12-23(29)22(16-19-6-4-3-5-7-19)24(30)13-9-21-11-15-26(32)28(18-21)34-2/h3-15,17-18,29,31-32H,16H2,1-2H3/b12-8+,13-9+,23-22-. The summed E-state index contributed by atoms with van der Waals surface area (Å²) >= 11 is 0. The quantitative estimate of drug-likeness (QED) is 0.224. The lowest BCUT2D eigenvalue weighted by Gasteiger charge is -2.07. The average Bonchev–Trinajstić information content (AvgIpc) is 2.86. The highest BCUT2D eigenvalue weighted by atomic mass is 16.5. The number of carbonyl (C=O) groups is 1. The van der Waals surface area contributed by atoms with Gasteiger partial charge in [-0.15, -0.1) is 0 Å². The number of aliphatic hydroxyl groups is 1. The number of hydrogen-bond donors (Lipinski definition) is 3. The Kier molecular flexibility index (Phi) is 8.13. The van der Waals surface area contributed by atoms with Gasteiger partial charge in [0.1, 0.15) is 5.76 Å². The molecule has 0 bridgehead atoms. The van der Waals surface area contributed by atoms with Crippen LogP contribution >= 0.6 is 0 Å². The molecular formula is C28H26O6. The van der Waals surface area contributed by atoms with Crippen molar-refractivity contribution in [2.24, 2.45) is 0 Å². The molecule has 0 radical (unpaired) electrons. The van der Waals surface area contributed by atoms with E-state index in [1.165, 1.54) is 38.5 Å². The fourth-order valence-electron chi connectivity index (χ4n) is 3.25. The van der Waals surface area contributed by atoms with Crippen LogP contribution in [0.2, 0.25) is 0 Å². The first-order valence-electron chi connectivity index (χ1n) is 10.5. The largest absolute Gasteiger partial charge is 0.508 e. The smallest absolute Gasteiger partial charge is 0.185 e. The van der Waals surface area contributed by atoms with E-state index in [1.54, 1.807) is 36.4 Å². The first-order chi connectivity index (χ1) is 16.4. The normalized spacial score (nSPS) is 12.1. The summed E-state index contributed by atoms with van der Waals surface area (Å²) in [5.74, 6) is 0.0815. The van der Waals surface area contributed by atoms with Crippen LogP contribution in [0.4, 0.5) is 0 Å². The molecule has 0 saturated heterocycles. The summed E-state index contributed by atoms with van der Waals surface area (Å²) in [6.07, 6.45) is 6.27. The molecule has 0 aliphatic carbocycles. The molecule has 0 heterocycles. The molecule has 6 heteroatoms. The number of ether oxygens (including phenoxy) is 2. The Morgan fingerprint density at radius 3 is 1.85 bits per heavy atom. The van der Waals surface area contributed by atoms with Gasteiger partial charge >= 0.3 is 0 Å². The lowest BCUT2D eigenvalue weighted by molar-refractivity contribution is -0.111. The summed E-state index contributed by atoms with van der Waals surface area (Å²) < 4.78 is 10.2. The van der Waals surface area contributed by atoms with Crippen molar-refractivity contribution in [2.75, 3.05) is 14.2 Å². The summed E-state index contributed by atoms with van der Waals surface area (Å²) in [4.78, 5) is 13.1. The van der Waals surface area contributed by atoms with Crippen LogP contribution in [0.1, 0.15) is 16.7 Å². The molecule has 0 unspecified atom stereocenters. The molecule has 0 saturated carbocycles. The molecule has 0 spiro atoms. The van der Waals surface area contributed by atoms with Crippen LogP contribution in [0, 0.1) is 0 Å². The van der Waals surface area contributed by atoms with Gasteiger partial charge in [-0.25, -0.2) is 0 Å². The van der Waals surface area contributed by atoms with Gasteiger partial charge in [0, 0.05) is 12.0 Å². The summed E-state index contributed by atoms with van der Waals surface area (Å²) in [5, 5.41) is 30.3. The van der Waals surface area contributed by atoms with Crippen LogP contribution in [-0.2, 0) is 11.2 Å². The van der Waals surface area contributed by atoms with Gasteiger partial charge in [0.25, 0.3) is 0 Å². The van der Waals surface area contributed by atoms with Crippen LogP contribution in [0.25, 0.3) is 12.2 Å². The molecule has 3 N–H and O–H groups in total. The number of rotatable bonds is 9. The van der Waals surface area contributed by atoms with E-state index in [2.05, 4.69) is 0 Å². The van der Waals surface area contributed by atoms with Crippen molar-refractivity contribution < 1.29 is 29.6 Å². The molecule has 0 atom stereocenters. The summed E-state index contributed by atoms with van der Waals surface area (Å²) in [7, 11) is 2.90. The number of carbonyl (C=O) groups excluding carboxylic acids is 1. The van der Waals surface area contributed by atoms with E-state index in [9.17, 15) is 20.1 Å². The zero-order chi connectivity index (χ0) is 24.5. The maximum atomic E-state index is 13.1. The van der Waals surface area contributed by atoms with Crippen molar-refractivity contribution in [2.45, 2.75) is 6.42 Å². The minimum absolute atomic E-state index is 0.00396. The van der Waals surface area contributed by atoms with Gasteiger partial charge in [-0.3, -0.25) is 4.79 Å². The van der Waals surface area contributed by atoms with Crippen molar-refractivity contribution in [3.8, 4) is 23.0 Å². The van der Waals surface area contributed by atoms with Gasteiger partial charge in [-0.1, -0.05) is 54.6 Å². The third kappa shape index (κ3) is 6.29. The number of phenols is 2. The van der Waals surface area contributed by atoms with E-state index in [-0.39, 0.29) is 35.0 Å². The van der Waals surface area contributed by atoms with Gasteiger partial charge < -0.3 is 24.8 Å². The molecule has 3 rings (SSSR count). The zero-order valence-corrected chi connectivity index (χ0v) is 18.9. The molecule has 0 aliphatic heterocycles. The Labute approximate surface area is 198 Å². The van der Waals surface area contributed by atoms with E-state index < -0.39 is 0 Å². The number of ketones is 1. The SMILES string of the molecule is COc1cc(/C=C/C(=O)/C(Cc2ccccc2)=C(O)/C=C/c2ccc(O)c(OC)c2)ccc1O. The summed E-state index contributed by atoms with van der Waals surface area (Å²) in [6.45, 7) is 0. The molecule has 34 heavy (non-hydrogen) atoms. The average molecular weight is 459 g/mol. The fraction of sp³-hybridized carbons (Fsp3) is 0.107. The monoisotopic (exact) mass is 458 g/mol. The van der Waals surface area contributed by atoms with E-state index in [4.69, 9.17) is 9.47 Å². The molecule has 0 aliphatic rings. The number of hydrogen-bond acceptors (Lipinski definition) is 6. The topological polar surface area (TPSA) is 96.2 Å². The van der Waals surface area contributed by atoms with Crippen LogP contribution in [0.5, 0.6) is 23.0 Å². The summed E-state index contributed by atoms with van der Waals surface area (Å²) in [5.41, 5.74) is 2.43. The fourth-order valence-corrected chi connectivity index (χ4v) is 3.25. The van der Waals surface area contributed by atoms with Crippen LogP contribution in [0.15, 0.2) is 90.2 Å². The number of benzene rings is 3. The van der Waals surface area contributed by atoms with Gasteiger partial charge in [-0.05, 0) is 53.1 Å². The lowest BCUT2D eigenvalue weighted by atomic mass is 9.99. The van der Waals surface area contributed by atoms with Crippen molar-refractivity contribution in [1.29, 1.82) is 0 Å². The van der Waals surface area contributed by atoms with Crippen LogP contribution in [0.3, 0.4) is 0 Å². The Balaban J connectivity index is 1.92. The van der Waals surface area contributed by atoms with Gasteiger partial charge in [0.05, 0.1) is 14.2 Å². The second-order valence-corrected chi connectivity index (χ2v) is 7.42. The van der Waals surface area contributed by atoms with Crippen molar-refractivity contribution in [3.05, 3.63) is 107 Å². The minimum Gasteiger partial charge on any atom is -0.508 e. The number of aliphatic hydroxyl groups excluding tert-OH is 1. The molecule has 0 fully saturated rings. The first-order valence-corrected chi connectivity index (χ1v) is 10.5. The molecular weight excluding hydrogens is 432 g/mol. The highest BCUT2D eigenvalue weighted by Crippen LogP contribution is 2.28. The van der Waals surface area contributed by atoms with E-state index in [0.29, 0.717) is 22.6 Å². The number of methoxy groups -OCH3 is 2. The van der Waals surface area contributed by atoms with Gasteiger partial charge in [0.2, 0.25) is 0 Å². The highest BCUT2D eigenvalue weighted by molar-refractivity contribution is 6.07. The molecule has 3 aromatic rings. The second-order valence-electron chi connectivity index (χ2n) is 7.42. The first kappa shape index (κ1) is 24.2. The van der Waals surface area contributed by atoms with Gasteiger partial charge in [-0.2, -0.15) is 0 Å². The Morgan fingerprint density at radius 1 is 0.794 bits per heavy atom. The summed E-state index contributed by atoms with van der Waals surface area (Å²) in [6, 6.07) is 18.9. The zero-order valence-electron chi connectivity index (χ0n) is 18.9. The van der Waals surface area contributed by atoms with Crippen molar-refractivity contribution in [3.63, 3.8) is 0 Å². The van der Waals surface area contributed by atoms with Crippen molar-refractivity contribution in [1.82, 2.24) is 0 Å². The third-order valence-corrected chi connectivity index (χ3v) is 5.10. The highest BCUT2D eigenvalue weighted by Gasteiger charge is 2.13. The Hall–Kier alpha value is -4.45. The third-order valence-electron chi connectivity index (χ3n) is 5.10. The predicted octanol–water partition coefficient (Wildman–Crippen LogP) is 5.47. The Morgan fingerprint density at radius 2 is 1.32 bits per heavy atom. The lowest BCUT2D eigenvalue weighted by Crippen LogP contribution is -2.06. The molecule has 0 amide bonds. The maximum Gasteiger partial charge on any atom is 0.185 e. The molecule has 174 valence electrons. The number of aromatic hydroxyl groups is 2. The predicted molar refractivity (Wildman–Crippen MR) is 132 cm³/mol. The van der Waals surface area contributed by atoms with E-state index >= 15 is 0 Å². The molecule has 0 aromatic heterocycles. The number of allylic oxidation sites excluding steroid dienone is 3. The van der Waals surface area contributed by atoms with Crippen LogP contribution in [-0.4, -0.2) is 35.3 Å². The van der Waals surface area contributed by atoms with E-state index in [0.717, 1.165) is 5.56 Å². The van der Waals surface area contributed by atoms with Crippen molar-refractivity contribution >= 4 is 17.9 Å². The molecule has 3 aromatic carbocycles. The Bertz CT molecular complexity index is 1240. The van der Waals surface area contributed by atoms with E-state index in [1.807, 2.05) is 30.3 Å². The maximum absolute atomic E-state index is 13.1. The van der Waals surface area contributed by atoms with Gasteiger partial charge in [0.15, 0.2) is 28.8 Å². The van der Waals surface area contributed by atoms with Crippen LogP contribution < -0.4 is 9.47 Å².